The standard InChI is InChI=1S/C20H21ClN4O3/c1-13(2)28-20(27)11-17(14-7-3-4-8-15(14)21)22-19(26)12-25-18-10-6-5-9-16(18)23-24-25/h3-10,13,17H,11-12H2,1-2H3,(H,22,26)/t17-/m1/s1. The number of halogens is 1. The van der Waals surface area contributed by atoms with E-state index in [1.54, 1.807) is 38.1 Å². The summed E-state index contributed by atoms with van der Waals surface area (Å²) in [6, 6.07) is 13.9. The van der Waals surface area contributed by atoms with Crippen molar-refractivity contribution >= 4 is 34.5 Å². The molecule has 3 rings (SSSR count). The molecule has 0 spiro atoms. The molecule has 8 heteroatoms. The third-order valence-corrected chi connectivity index (χ3v) is 4.41. The topological polar surface area (TPSA) is 86.1 Å². The van der Waals surface area contributed by atoms with E-state index in [-0.39, 0.29) is 25.0 Å². The van der Waals surface area contributed by atoms with Crippen LogP contribution in [0.25, 0.3) is 11.0 Å². The molecule has 0 radical (unpaired) electrons. The van der Waals surface area contributed by atoms with Gasteiger partial charge in [0, 0.05) is 5.02 Å². The fourth-order valence-electron chi connectivity index (χ4n) is 2.88. The van der Waals surface area contributed by atoms with Crippen LogP contribution < -0.4 is 5.32 Å². The lowest BCUT2D eigenvalue weighted by Crippen LogP contribution is -2.34. The summed E-state index contributed by atoms with van der Waals surface area (Å²) in [7, 11) is 0. The highest BCUT2D eigenvalue weighted by atomic mass is 35.5. The van der Waals surface area contributed by atoms with Gasteiger partial charge in [-0.15, -0.1) is 5.10 Å². The third kappa shape index (κ3) is 4.86. The van der Waals surface area contributed by atoms with Gasteiger partial charge in [-0.25, -0.2) is 4.68 Å². The Hall–Kier alpha value is -2.93. The Balaban J connectivity index is 1.77. The quantitative estimate of drug-likeness (QED) is 0.615. The first-order valence-corrected chi connectivity index (χ1v) is 9.33. The molecule has 0 bridgehead atoms. The number of hydrogen-bond acceptors (Lipinski definition) is 5. The van der Waals surface area contributed by atoms with Gasteiger partial charge in [-0.2, -0.15) is 0 Å². The van der Waals surface area contributed by atoms with E-state index in [4.69, 9.17) is 16.3 Å². The number of nitrogens with zero attached hydrogens (tertiary/aromatic N) is 3. The van der Waals surface area contributed by atoms with Crippen molar-refractivity contribution in [2.45, 2.75) is 39.0 Å². The molecular formula is C20H21ClN4O3. The van der Waals surface area contributed by atoms with Crippen LogP contribution in [0.2, 0.25) is 5.02 Å². The van der Waals surface area contributed by atoms with E-state index < -0.39 is 12.0 Å². The van der Waals surface area contributed by atoms with Crippen LogP contribution in [0.3, 0.4) is 0 Å². The molecule has 1 N–H and O–H groups in total. The maximum Gasteiger partial charge on any atom is 0.308 e. The van der Waals surface area contributed by atoms with Gasteiger partial charge >= 0.3 is 5.97 Å². The predicted octanol–water partition coefficient (Wildman–Crippen LogP) is 3.28. The van der Waals surface area contributed by atoms with Crippen LogP contribution in [0.1, 0.15) is 31.9 Å². The minimum atomic E-state index is -0.609. The lowest BCUT2D eigenvalue weighted by molar-refractivity contribution is -0.148. The number of para-hydroxylation sites is 1. The molecule has 2 aromatic carbocycles. The van der Waals surface area contributed by atoms with Crippen LogP contribution in [0.15, 0.2) is 48.5 Å². The summed E-state index contributed by atoms with van der Waals surface area (Å²) in [5, 5.41) is 11.4. The number of benzene rings is 2. The van der Waals surface area contributed by atoms with Crippen molar-refractivity contribution in [1.29, 1.82) is 0 Å². The van der Waals surface area contributed by atoms with Gasteiger partial charge in [0.05, 0.1) is 24.1 Å². The number of esters is 1. The first kappa shape index (κ1) is 19.8. The number of hydrogen-bond donors (Lipinski definition) is 1. The zero-order valence-electron chi connectivity index (χ0n) is 15.6. The maximum absolute atomic E-state index is 12.7. The molecule has 0 aliphatic carbocycles. The van der Waals surface area contributed by atoms with Gasteiger partial charge < -0.3 is 10.1 Å². The lowest BCUT2D eigenvalue weighted by atomic mass is 10.0. The van der Waals surface area contributed by atoms with Crippen LogP contribution >= 0.6 is 11.6 Å². The number of aromatic nitrogens is 3. The second-order valence-corrected chi connectivity index (χ2v) is 7.03. The highest BCUT2D eigenvalue weighted by molar-refractivity contribution is 6.31. The van der Waals surface area contributed by atoms with Crippen LogP contribution in [0.5, 0.6) is 0 Å². The smallest absolute Gasteiger partial charge is 0.308 e. The molecule has 0 unspecified atom stereocenters. The van der Waals surface area contributed by atoms with Crippen molar-refractivity contribution in [1.82, 2.24) is 20.3 Å². The molecule has 0 saturated carbocycles. The average molecular weight is 401 g/mol. The zero-order chi connectivity index (χ0) is 20.1. The molecule has 1 amide bonds. The molecule has 0 saturated heterocycles. The SMILES string of the molecule is CC(C)OC(=O)C[C@@H](NC(=O)Cn1nnc2ccccc21)c1ccccc1Cl. The fraction of sp³-hybridized carbons (Fsp3) is 0.300. The maximum atomic E-state index is 12.7. The summed E-state index contributed by atoms with van der Waals surface area (Å²) in [5.41, 5.74) is 2.12. The monoisotopic (exact) mass is 400 g/mol. The summed E-state index contributed by atoms with van der Waals surface area (Å²) < 4.78 is 6.74. The Morgan fingerprint density at radius 1 is 1.14 bits per heavy atom. The largest absolute Gasteiger partial charge is 0.463 e. The number of carbonyl (C=O) groups is 2. The molecule has 1 heterocycles. The minimum Gasteiger partial charge on any atom is -0.463 e. The Bertz CT molecular complexity index is 986. The van der Waals surface area contributed by atoms with E-state index in [0.29, 0.717) is 16.1 Å². The van der Waals surface area contributed by atoms with Crippen molar-refractivity contribution in [2.24, 2.45) is 0 Å². The van der Waals surface area contributed by atoms with E-state index in [1.807, 2.05) is 24.3 Å². The molecule has 0 fully saturated rings. The van der Waals surface area contributed by atoms with Crippen LogP contribution in [-0.4, -0.2) is 33.0 Å². The van der Waals surface area contributed by atoms with Gasteiger partial charge in [-0.3, -0.25) is 9.59 Å². The first-order chi connectivity index (χ1) is 13.4. The Morgan fingerprint density at radius 2 is 1.86 bits per heavy atom. The van der Waals surface area contributed by atoms with Crippen molar-refractivity contribution in [3.63, 3.8) is 0 Å². The normalized spacial score (nSPS) is 12.1. The molecule has 28 heavy (non-hydrogen) atoms. The van der Waals surface area contributed by atoms with Gasteiger partial charge in [0.2, 0.25) is 5.91 Å². The van der Waals surface area contributed by atoms with E-state index in [9.17, 15) is 9.59 Å². The van der Waals surface area contributed by atoms with E-state index in [2.05, 4.69) is 15.6 Å². The molecule has 1 aromatic heterocycles. The van der Waals surface area contributed by atoms with E-state index >= 15 is 0 Å². The fourth-order valence-corrected chi connectivity index (χ4v) is 3.15. The number of ether oxygens (including phenoxy) is 1. The predicted molar refractivity (Wildman–Crippen MR) is 106 cm³/mol. The molecule has 146 valence electrons. The van der Waals surface area contributed by atoms with Crippen LogP contribution in [0.4, 0.5) is 0 Å². The number of fused-ring (bicyclic) bond motifs is 1. The highest BCUT2D eigenvalue weighted by Crippen LogP contribution is 2.25. The van der Waals surface area contributed by atoms with Crippen molar-refractivity contribution < 1.29 is 14.3 Å². The minimum absolute atomic E-state index is 0.0221. The van der Waals surface area contributed by atoms with Crippen LogP contribution in [0, 0.1) is 0 Å². The molecule has 3 aromatic rings. The summed E-state index contributed by atoms with van der Waals surface area (Å²) in [6.45, 7) is 3.52. The van der Waals surface area contributed by atoms with Gasteiger partial charge in [-0.05, 0) is 37.6 Å². The second-order valence-electron chi connectivity index (χ2n) is 6.62. The van der Waals surface area contributed by atoms with Gasteiger partial charge in [-0.1, -0.05) is 47.1 Å². The number of nitrogens with one attached hydrogen (secondary N) is 1. The summed E-state index contributed by atoms with van der Waals surface area (Å²) >= 11 is 6.28. The average Bonchev–Trinajstić information content (AvgIpc) is 3.04. The zero-order valence-corrected chi connectivity index (χ0v) is 16.4. The van der Waals surface area contributed by atoms with Crippen molar-refractivity contribution in [2.75, 3.05) is 0 Å². The van der Waals surface area contributed by atoms with Gasteiger partial charge in [0.1, 0.15) is 12.1 Å². The van der Waals surface area contributed by atoms with Crippen molar-refractivity contribution in [3.05, 3.63) is 59.1 Å². The molecular weight excluding hydrogens is 380 g/mol. The molecule has 7 nitrogen and oxygen atoms in total. The molecule has 1 atom stereocenters. The van der Waals surface area contributed by atoms with Crippen LogP contribution in [-0.2, 0) is 20.9 Å². The van der Waals surface area contributed by atoms with Gasteiger partial charge in [0.15, 0.2) is 0 Å². The number of rotatable bonds is 7. The van der Waals surface area contributed by atoms with E-state index in [0.717, 1.165) is 5.52 Å². The Labute approximate surface area is 167 Å². The first-order valence-electron chi connectivity index (χ1n) is 8.95. The number of carbonyl (C=O) groups excluding carboxylic acids is 2. The summed E-state index contributed by atoms with van der Waals surface area (Å²) in [4.78, 5) is 24.8. The van der Waals surface area contributed by atoms with E-state index in [1.165, 1.54) is 4.68 Å². The molecule has 0 aliphatic heterocycles. The Morgan fingerprint density at radius 3 is 2.61 bits per heavy atom. The summed E-state index contributed by atoms with van der Waals surface area (Å²) in [5.74, 6) is -0.718. The molecule has 0 aliphatic rings. The number of amides is 1. The second kappa shape index (κ2) is 8.84. The summed E-state index contributed by atoms with van der Waals surface area (Å²) in [6.07, 6.45) is -0.261. The highest BCUT2D eigenvalue weighted by Gasteiger charge is 2.22. The Kier molecular flexibility index (Phi) is 6.26. The van der Waals surface area contributed by atoms with Gasteiger partial charge in [0.25, 0.3) is 0 Å². The third-order valence-electron chi connectivity index (χ3n) is 4.07. The van der Waals surface area contributed by atoms with Crippen molar-refractivity contribution in [3.8, 4) is 0 Å². The lowest BCUT2D eigenvalue weighted by Gasteiger charge is -2.20.